The molecule has 1 atom stereocenters. The van der Waals surface area contributed by atoms with Gasteiger partial charge in [-0.05, 0) is 17.7 Å². The molecule has 0 saturated carbocycles. The van der Waals surface area contributed by atoms with Gasteiger partial charge in [0.25, 0.3) is 0 Å². The normalized spacial score (nSPS) is 12.2. The topological polar surface area (TPSA) is 51.6 Å². The fourth-order valence-corrected chi connectivity index (χ4v) is 2.35. The molecule has 0 bridgehead atoms. The molecule has 4 nitrogen and oxygen atoms in total. The highest BCUT2D eigenvalue weighted by Gasteiger charge is 2.13. The predicted octanol–water partition coefficient (Wildman–Crippen LogP) is 2.44. The minimum Gasteiger partial charge on any atom is -0.493 e. The Morgan fingerprint density at radius 3 is 2.67 bits per heavy atom. The van der Waals surface area contributed by atoms with Gasteiger partial charge in [0.05, 0.1) is 25.3 Å². The van der Waals surface area contributed by atoms with Crippen molar-refractivity contribution < 1.29 is 14.6 Å². The zero-order valence-electron chi connectivity index (χ0n) is 10.3. The first-order valence-corrected chi connectivity index (χ1v) is 6.41. The Balaban J connectivity index is 2.17. The van der Waals surface area contributed by atoms with Crippen molar-refractivity contribution in [2.24, 2.45) is 0 Å². The predicted molar refractivity (Wildman–Crippen MR) is 70.3 cm³/mol. The minimum atomic E-state index is -0.587. The van der Waals surface area contributed by atoms with E-state index in [0.29, 0.717) is 17.9 Å². The SMILES string of the molecule is COc1ccc(C(O)Cc2nccs2)cc1OC. The lowest BCUT2D eigenvalue weighted by molar-refractivity contribution is 0.177. The van der Waals surface area contributed by atoms with Crippen molar-refractivity contribution in [3.8, 4) is 11.5 Å². The summed E-state index contributed by atoms with van der Waals surface area (Å²) in [5, 5.41) is 13.0. The van der Waals surface area contributed by atoms with Crippen LogP contribution >= 0.6 is 11.3 Å². The summed E-state index contributed by atoms with van der Waals surface area (Å²) in [4.78, 5) is 4.16. The van der Waals surface area contributed by atoms with Crippen molar-refractivity contribution in [1.29, 1.82) is 0 Å². The average Bonchev–Trinajstić information content (AvgIpc) is 2.90. The fourth-order valence-electron chi connectivity index (χ4n) is 1.70. The van der Waals surface area contributed by atoms with E-state index < -0.39 is 6.10 Å². The number of ether oxygens (including phenoxy) is 2. The Bertz CT molecular complexity index is 499. The molecule has 0 saturated heterocycles. The van der Waals surface area contributed by atoms with Crippen LogP contribution in [-0.4, -0.2) is 24.3 Å². The molecule has 0 aliphatic heterocycles. The van der Waals surface area contributed by atoms with Crippen LogP contribution in [0.1, 0.15) is 16.7 Å². The van der Waals surface area contributed by atoms with Crippen LogP contribution in [0.5, 0.6) is 11.5 Å². The molecule has 0 aliphatic rings. The Morgan fingerprint density at radius 1 is 1.28 bits per heavy atom. The van der Waals surface area contributed by atoms with Crippen molar-refractivity contribution >= 4 is 11.3 Å². The van der Waals surface area contributed by atoms with E-state index in [0.717, 1.165) is 10.6 Å². The molecule has 1 aromatic carbocycles. The molecular weight excluding hydrogens is 250 g/mol. The van der Waals surface area contributed by atoms with Crippen LogP contribution in [0.15, 0.2) is 29.8 Å². The summed E-state index contributed by atoms with van der Waals surface area (Å²) in [6.07, 6.45) is 1.66. The lowest BCUT2D eigenvalue weighted by Crippen LogP contribution is -2.02. The van der Waals surface area contributed by atoms with E-state index in [1.807, 2.05) is 11.4 Å². The molecule has 1 unspecified atom stereocenters. The lowest BCUT2D eigenvalue weighted by atomic mass is 10.1. The number of hydrogen-bond acceptors (Lipinski definition) is 5. The average molecular weight is 265 g/mol. The van der Waals surface area contributed by atoms with E-state index in [2.05, 4.69) is 4.98 Å². The molecule has 0 radical (unpaired) electrons. The van der Waals surface area contributed by atoms with Crippen LogP contribution in [0.4, 0.5) is 0 Å². The second-order valence-corrected chi connectivity index (χ2v) is 4.74. The number of aliphatic hydroxyl groups is 1. The van der Waals surface area contributed by atoms with Gasteiger partial charge in [0, 0.05) is 18.0 Å². The quantitative estimate of drug-likeness (QED) is 0.902. The van der Waals surface area contributed by atoms with Gasteiger partial charge in [0.2, 0.25) is 0 Å². The zero-order chi connectivity index (χ0) is 13.0. The highest BCUT2D eigenvalue weighted by molar-refractivity contribution is 7.09. The van der Waals surface area contributed by atoms with E-state index in [9.17, 15) is 5.11 Å². The van der Waals surface area contributed by atoms with Crippen molar-refractivity contribution in [2.75, 3.05) is 14.2 Å². The van der Waals surface area contributed by atoms with Crippen molar-refractivity contribution in [1.82, 2.24) is 4.98 Å². The number of nitrogens with zero attached hydrogens (tertiary/aromatic N) is 1. The van der Waals surface area contributed by atoms with Crippen molar-refractivity contribution in [3.63, 3.8) is 0 Å². The van der Waals surface area contributed by atoms with Gasteiger partial charge in [-0.25, -0.2) is 4.98 Å². The molecule has 0 fully saturated rings. The van der Waals surface area contributed by atoms with Gasteiger partial charge in [0.15, 0.2) is 11.5 Å². The third kappa shape index (κ3) is 2.80. The minimum absolute atomic E-state index is 0.507. The summed E-state index contributed by atoms with van der Waals surface area (Å²) in [6, 6.07) is 5.41. The van der Waals surface area contributed by atoms with Crippen LogP contribution in [-0.2, 0) is 6.42 Å². The summed E-state index contributed by atoms with van der Waals surface area (Å²) in [5.74, 6) is 1.27. The zero-order valence-corrected chi connectivity index (χ0v) is 11.1. The van der Waals surface area contributed by atoms with Crippen molar-refractivity contribution in [3.05, 3.63) is 40.3 Å². The maximum absolute atomic E-state index is 10.1. The van der Waals surface area contributed by atoms with Crippen LogP contribution in [0, 0.1) is 0 Å². The van der Waals surface area contributed by atoms with Crippen LogP contribution in [0.2, 0.25) is 0 Å². The summed E-state index contributed by atoms with van der Waals surface area (Å²) >= 11 is 1.54. The van der Waals surface area contributed by atoms with Crippen LogP contribution in [0.3, 0.4) is 0 Å². The highest BCUT2D eigenvalue weighted by Crippen LogP contribution is 2.31. The molecule has 96 valence electrons. The first-order chi connectivity index (χ1) is 8.74. The first kappa shape index (κ1) is 12.9. The van der Waals surface area contributed by atoms with E-state index in [1.54, 1.807) is 32.5 Å². The summed E-state index contributed by atoms with van der Waals surface area (Å²) in [7, 11) is 3.17. The van der Waals surface area contributed by atoms with E-state index in [1.165, 1.54) is 11.3 Å². The highest BCUT2D eigenvalue weighted by atomic mass is 32.1. The van der Waals surface area contributed by atoms with Crippen LogP contribution in [0.25, 0.3) is 0 Å². The van der Waals surface area contributed by atoms with E-state index in [-0.39, 0.29) is 0 Å². The monoisotopic (exact) mass is 265 g/mol. The molecule has 1 N–H and O–H groups in total. The van der Waals surface area contributed by atoms with E-state index in [4.69, 9.17) is 9.47 Å². The molecular formula is C13H15NO3S. The van der Waals surface area contributed by atoms with Crippen molar-refractivity contribution in [2.45, 2.75) is 12.5 Å². The molecule has 5 heteroatoms. The van der Waals surface area contributed by atoms with Gasteiger partial charge < -0.3 is 14.6 Å². The number of methoxy groups -OCH3 is 2. The number of aliphatic hydroxyl groups excluding tert-OH is 1. The summed E-state index contributed by atoms with van der Waals surface area (Å²) < 4.78 is 10.4. The van der Waals surface area contributed by atoms with Gasteiger partial charge in [-0.15, -0.1) is 11.3 Å². The smallest absolute Gasteiger partial charge is 0.161 e. The largest absolute Gasteiger partial charge is 0.493 e. The van der Waals surface area contributed by atoms with Gasteiger partial charge >= 0.3 is 0 Å². The molecule has 0 spiro atoms. The molecule has 0 aliphatic carbocycles. The second-order valence-electron chi connectivity index (χ2n) is 3.76. The number of hydrogen-bond donors (Lipinski definition) is 1. The number of benzene rings is 1. The number of thiazole rings is 1. The fraction of sp³-hybridized carbons (Fsp3) is 0.308. The Kier molecular flexibility index (Phi) is 4.17. The molecule has 1 aromatic heterocycles. The van der Waals surface area contributed by atoms with E-state index >= 15 is 0 Å². The maximum Gasteiger partial charge on any atom is 0.161 e. The standard InChI is InChI=1S/C13H15NO3S/c1-16-11-4-3-9(7-12(11)17-2)10(15)8-13-14-5-6-18-13/h3-7,10,15H,8H2,1-2H3. The Hall–Kier alpha value is -1.59. The third-order valence-electron chi connectivity index (χ3n) is 2.64. The maximum atomic E-state index is 10.1. The first-order valence-electron chi connectivity index (χ1n) is 5.53. The molecule has 0 amide bonds. The molecule has 2 aromatic rings. The summed E-state index contributed by atoms with van der Waals surface area (Å²) in [6.45, 7) is 0. The molecule has 18 heavy (non-hydrogen) atoms. The van der Waals surface area contributed by atoms with Crippen LogP contribution < -0.4 is 9.47 Å². The second kappa shape index (κ2) is 5.84. The number of rotatable bonds is 5. The van der Waals surface area contributed by atoms with Gasteiger partial charge in [0.1, 0.15) is 0 Å². The Labute approximate surface area is 110 Å². The molecule has 2 rings (SSSR count). The molecule has 1 heterocycles. The lowest BCUT2D eigenvalue weighted by Gasteiger charge is -2.13. The third-order valence-corrected chi connectivity index (χ3v) is 3.45. The number of aromatic nitrogens is 1. The van der Waals surface area contributed by atoms with Gasteiger partial charge in [-0.2, -0.15) is 0 Å². The summed E-state index contributed by atoms with van der Waals surface area (Å²) in [5.41, 5.74) is 0.794. The Morgan fingerprint density at radius 2 is 2.06 bits per heavy atom. The van der Waals surface area contributed by atoms with Gasteiger partial charge in [-0.1, -0.05) is 6.07 Å². The van der Waals surface area contributed by atoms with Gasteiger partial charge in [-0.3, -0.25) is 0 Å².